The van der Waals surface area contributed by atoms with Crippen molar-refractivity contribution in [2.45, 2.75) is 6.92 Å². The molecule has 2 aromatic carbocycles. The fourth-order valence-corrected chi connectivity index (χ4v) is 3.19. The first-order valence-electron chi connectivity index (χ1n) is 6.94. The number of carbonyl (C=O) groups excluding carboxylic acids is 2. The van der Waals surface area contributed by atoms with E-state index in [1.165, 1.54) is 6.92 Å². The molecule has 0 saturated heterocycles. The highest BCUT2D eigenvalue weighted by atomic mass is 32.2. The smallest absolute Gasteiger partial charge is 0.286 e. The number of nitrogens with one attached hydrogen (secondary N) is 1. The first-order chi connectivity index (χ1) is 11.1. The van der Waals surface area contributed by atoms with Crippen molar-refractivity contribution in [3.63, 3.8) is 0 Å². The van der Waals surface area contributed by atoms with Gasteiger partial charge in [-0.25, -0.2) is 0 Å². The zero-order valence-corrected chi connectivity index (χ0v) is 13.4. The molecule has 5 nitrogen and oxygen atoms in total. The van der Waals surface area contributed by atoms with Gasteiger partial charge >= 0.3 is 0 Å². The van der Waals surface area contributed by atoms with Crippen LogP contribution in [0.4, 0.5) is 0 Å². The number of nitrogens with zero attached hydrogens (tertiary/aromatic N) is 1. The van der Waals surface area contributed by atoms with Crippen LogP contribution >= 0.6 is 11.8 Å². The number of ether oxygens (including phenoxy) is 1. The molecular weight excluding hydrogens is 312 g/mol. The SMILES string of the molecule is COc1ccc2ccccc2c1/C=C1\SC(NC(C)=O)=NC1=O. The largest absolute Gasteiger partial charge is 0.496 e. The molecule has 0 aliphatic carbocycles. The lowest BCUT2D eigenvalue weighted by molar-refractivity contribution is -0.117. The third-order valence-electron chi connectivity index (χ3n) is 3.33. The van der Waals surface area contributed by atoms with Crippen LogP contribution in [0.25, 0.3) is 16.8 Å². The maximum absolute atomic E-state index is 12.0. The Hall–Kier alpha value is -2.60. The maximum Gasteiger partial charge on any atom is 0.286 e. The van der Waals surface area contributed by atoms with Crippen molar-refractivity contribution >= 4 is 45.6 Å². The number of hydrogen-bond acceptors (Lipinski definition) is 4. The van der Waals surface area contributed by atoms with Crippen LogP contribution in [0.15, 0.2) is 46.3 Å². The maximum atomic E-state index is 12.0. The topological polar surface area (TPSA) is 67.8 Å². The van der Waals surface area contributed by atoms with Gasteiger partial charge in [-0.05, 0) is 34.7 Å². The lowest BCUT2D eigenvalue weighted by Crippen LogP contribution is -2.23. The number of methoxy groups -OCH3 is 1. The fourth-order valence-electron chi connectivity index (χ4n) is 2.35. The van der Waals surface area contributed by atoms with Crippen LogP contribution in [-0.2, 0) is 9.59 Å². The van der Waals surface area contributed by atoms with Crippen LogP contribution in [0.3, 0.4) is 0 Å². The van der Waals surface area contributed by atoms with Gasteiger partial charge in [-0.2, -0.15) is 4.99 Å². The van der Waals surface area contributed by atoms with Gasteiger partial charge in [-0.15, -0.1) is 0 Å². The van der Waals surface area contributed by atoms with E-state index in [9.17, 15) is 9.59 Å². The molecule has 6 heteroatoms. The number of benzene rings is 2. The van der Waals surface area contributed by atoms with Crippen LogP contribution in [0.5, 0.6) is 5.75 Å². The third kappa shape index (κ3) is 3.12. The molecule has 0 saturated carbocycles. The highest BCUT2D eigenvalue weighted by Gasteiger charge is 2.23. The van der Waals surface area contributed by atoms with E-state index in [1.807, 2.05) is 36.4 Å². The quantitative estimate of drug-likeness (QED) is 0.862. The van der Waals surface area contributed by atoms with Crippen molar-refractivity contribution < 1.29 is 14.3 Å². The van der Waals surface area contributed by atoms with Crippen molar-refractivity contribution in [1.82, 2.24) is 5.32 Å². The molecule has 1 aliphatic heterocycles. The predicted octanol–water partition coefficient (Wildman–Crippen LogP) is 2.95. The zero-order chi connectivity index (χ0) is 16.4. The summed E-state index contributed by atoms with van der Waals surface area (Å²) in [5.74, 6) is 0.0550. The zero-order valence-electron chi connectivity index (χ0n) is 12.6. The lowest BCUT2D eigenvalue weighted by atomic mass is 10.0. The molecule has 1 aliphatic rings. The number of rotatable bonds is 2. The summed E-state index contributed by atoms with van der Waals surface area (Å²) in [6.07, 6.45) is 1.76. The van der Waals surface area contributed by atoms with E-state index in [0.717, 1.165) is 28.1 Å². The van der Waals surface area contributed by atoms with Crippen molar-refractivity contribution in [1.29, 1.82) is 0 Å². The van der Waals surface area contributed by atoms with E-state index < -0.39 is 0 Å². The first kappa shape index (κ1) is 15.3. The van der Waals surface area contributed by atoms with Gasteiger partial charge in [-0.1, -0.05) is 30.3 Å². The average molecular weight is 326 g/mol. The van der Waals surface area contributed by atoms with Crippen molar-refractivity contribution in [3.05, 3.63) is 46.9 Å². The molecule has 2 aromatic rings. The van der Waals surface area contributed by atoms with Crippen LogP contribution < -0.4 is 10.1 Å². The Morgan fingerprint density at radius 3 is 2.78 bits per heavy atom. The molecule has 23 heavy (non-hydrogen) atoms. The Balaban J connectivity index is 2.04. The van der Waals surface area contributed by atoms with Crippen molar-refractivity contribution in [2.24, 2.45) is 4.99 Å². The Kier molecular flexibility index (Phi) is 4.16. The number of fused-ring (bicyclic) bond motifs is 1. The second kappa shape index (κ2) is 6.26. The van der Waals surface area contributed by atoms with Gasteiger partial charge in [-0.3, -0.25) is 9.59 Å². The van der Waals surface area contributed by atoms with Crippen molar-refractivity contribution in [3.8, 4) is 5.75 Å². The Bertz CT molecular complexity index is 871. The number of hydrogen-bond donors (Lipinski definition) is 1. The molecule has 2 amide bonds. The van der Waals surface area contributed by atoms with Gasteiger partial charge in [0.25, 0.3) is 5.91 Å². The Labute approximate surface area is 137 Å². The number of thioether (sulfide) groups is 1. The summed E-state index contributed by atoms with van der Waals surface area (Å²) >= 11 is 1.14. The molecule has 116 valence electrons. The minimum absolute atomic E-state index is 0.256. The molecular formula is C17H14N2O3S. The second-order valence-electron chi connectivity index (χ2n) is 4.92. The van der Waals surface area contributed by atoms with Gasteiger partial charge in [0.1, 0.15) is 5.75 Å². The number of carbonyl (C=O) groups is 2. The number of amidine groups is 1. The summed E-state index contributed by atoms with van der Waals surface area (Å²) in [7, 11) is 1.59. The molecule has 0 spiro atoms. The van der Waals surface area contributed by atoms with E-state index in [2.05, 4.69) is 10.3 Å². The molecule has 0 fully saturated rings. The minimum atomic E-state index is -0.367. The van der Waals surface area contributed by atoms with E-state index in [0.29, 0.717) is 15.8 Å². The van der Waals surface area contributed by atoms with Gasteiger partial charge in [0, 0.05) is 12.5 Å². The molecule has 0 aromatic heterocycles. The summed E-state index contributed by atoms with van der Waals surface area (Å²) in [5.41, 5.74) is 0.820. The monoisotopic (exact) mass is 326 g/mol. The molecule has 0 unspecified atom stereocenters. The number of amides is 2. The van der Waals surface area contributed by atoms with Gasteiger partial charge in [0.05, 0.1) is 12.0 Å². The summed E-state index contributed by atoms with van der Waals surface area (Å²) in [4.78, 5) is 27.4. The summed E-state index contributed by atoms with van der Waals surface area (Å²) in [6.45, 7) is 1.38. The van der Waals surface area contributed by atoms with E-state index in [1.54, 1.807) is 13.2 Å². The van der Waals surface area contributed by atoms with Crippen LogP contribution in [0.2, 0.25) is 0 Å². The lowest BCUT2D eigenvalue weighted by Gasteiger charge is -2.09. The second-order valence-corrected chi connectivity index (χ2v) is 5.95. The minimum Gasteiger partial charge on any atom is -0.496 e. The van der Waals surface area contributed by atoms with Crippen LogP contribution in [0.1, 0.15) is 12.5 Å². The number of aliphatic imine (C=N–C) groups is 1. The molecule has 1 N–H and O–H groups in total. The van der Waals surface area contributed by atoms with Gasteiger partial charge in [0.15, 0.2) is 5.17 Å². The summed E-state index contributed by atoms with van der Waals surface area (Å²) < 4.78 is 5.42. The Morgan fingerprint density at radius 2 is 2.04 bits per heavy atom. The predicted molar refractivity (Wildman–Crippen MR) is 92.3 cm³/mol. The van der Waals surface area contributed by atoms with Crippen LogP contribution in [0, 0.1) is 0 Å². The average Bonchev–Trinajstić information content (AvgIpc) is 2.86. The van der Waals surface area contributed by atoms with Gasteiger partial charge < -0.3 is 10.1 Å². The molecule has 3 rings (SSSR count). The molecule has 0 atom stereocenters. The Morgan fingerprint density at radius 1 is 1.26 bits per heavy atom. The molecule has 0 bridgehead atoms. The summed E-state index contributed by atoms with van der Waals surface area (Å²) in [5, 5.41) is 4.87. The van der Waals surface area contributed by atoms with Gasteiger partial charge in [0.2, 0.25) is 5.91 Å². The van der Waals surface area contributed by atoms with E-state index in [-0.39, 0.29) is 11.8 Å². The van der Waals surface area contributed by atoms with E-state index >= 15 is 0 Å². The molecule has 0 radical (unpaired) electrons. The third-order valence-corrected chi connectivity index (χ3v) is 4.23. The first-order valence-corrected chi connectivity index (χ1v) is 7.76. The standard InChI is InChI=1S/C17H14N2O3S/c1-10(20)18-17-19-16(21)15(23-17)9-13-12-6-4-3-5-11(12)7-8-14(13)22-2/h3-9H,1-2H3,(H,18,19,20,21)/b15-9-. The highest BCUT2D eigenvalue weighted by molar-refractivity contribution is 8.18. The molecule has 1 heterocycles. The normalized spacial score (nSPS) is 15.8. The van der Waals surface area contributed by atoms with E-state index in [4.69, 9.17) is 4.74 Å². The summed E-state index contributed by atoms with van der Waals surface area (Å²) in [6, 6.07) is 11.7. The van der Waals surface area contributed by atoms with Crippen LogP contribution in [-0.4, -0.2) is 24.1 Å². The van der Waals surface area contributed by atoms with Crippen molar-refractivity contribution in [2.75, 3.05) is 7.11 Å². The fraction of sp³-hybridized carbons (Fsp3) is 0.118. The highest BCUT2D eigenvalue weighted by Crippen LogP contribution is 2.34.